The summed E-state index contributed by atoms with van der Waals surface area (Å²) >= 11 is 0. The summed E-state index contributed by atoms with van der Waals surface area (Å²) in [5.74, 6) is 3.24. The van der Waals surface area contributed by atoms with Crippen molar-refractivity contribution in [3.05, 3.63) is 0 Å². The number of piperidine rings is 1. The highest BCUT2D eigenvalue weighted by molar-refractivity contribution is 4.90. The maximum absolute atomic E-state index is 3.67. The molecule has 0 amide bonds. The van der Waals surface area contributed by atoms with Crippen LogP contribution in [-0.4, -0.2) is 37.6 Å². The molecule has 0 spiro atoms. The van der Waals surface area contributed by atoms with Crippen LogP contribution in [0.3, 0.4) is 0 Å². The van der Waals surface area contributed by atoms with Crippen molar-refractivity contribution in [1.29, 1.82) is 0 Å². The van der Waals surface area contributed by atoms with Crippen molar-refractivity contribution < 1.29 is 0 Å². The fraction of sp³-hybridized carbons (Fsp3) is 1.00. The second-order valence-electron chi connectivity index (χ2n) is 7.49. The molecule has 0 aromatic carbocycles. The van der Waals surface area contributed by atoms with Gasteiger partial charge >= 0.3 is 0 Å². The second kappa shape index (κ2) is 6.58. The molecule has 2 nitrogen and oxygen atoms in total. The third-order valence-corrected chi connectivity index (χ3v) is 5.94. The number of nitrogens with one attached hydrogen (secondary N) is 1. The Bertz CT molecular complexity index is 272. The Balaban J connectivity index is 1.29. The molecule has 0 aromatic heterocycles. The summed E-state index contributed by atoms with van der Waals surface area (Å²) in [6, 6.07) is 0.824. The van der Waals surface area contributed by atoms with Crippen molar-refractivity contribution in [2.24, 2.45) is 17.8 Å². The molecule has 2 bridgehead atoms. The number of fused-ring (bicyclic) bond motifs is 2. The van der Waals surface area contributed by atoms with Crippen LogP contribution in [0.1, 0.15) is 57.8 Å². The number of hydrogen-bond acceptors (Lipinski definition) is 2. The molecule has 2 heteroatoms. The Morgan fingerprint density at radius 2 is 2.05 bits per heavy atom. The van der Waals surface area contributed by atoms with Gasteiger partial charge < -0.3 is 10.2 Å². The molecular weight excluding hydrogens is 232 g/mol. The lowest BCUT2D eigenvalue weighted by atomic mass is 9.88. The van der Waals surface area contributed by atoms with Crippen LogP contribution in [0.5, 0.6) is 0 Å². The molecule has 1 aliphatic heterocycles. The average Bonchev–Trinajstić information content (AvgIpc) is 3.02. The van der Waals surface area contributed by atoms with Crippen LogP contribution in [-0.2, 0) is 0 Å². The monoisotopic (exact) mass is 264 g/mol. The van der Waals surface area contributed by atoms with Crippen molar-refractivity contribution >= 4 is 0 Å². The van der Waals surface area contributed by atoms with Gasteiger partial charge in [-0.15, -0.1) is 0 Å². The Labute approximate surface area is 119 Å². The smallest absolute Gasteiger partial charge is 0.00675 e. The summed E-state index contributed by atoms with van der Waals surface area (Å²) in [7, 11) is 2.35. The molecule has 3 aliphatic rings. The molecule has 3 rings (SSSR count). The van der Waals surface area contributed by atoms with E-state index in [0.717, 1.165) is 23.8 Å². The van der Waals surface area contributed by atoms with Gasteiger partial charge in [-0.25, -0.2) is 0 Å². The first kappa shape index (κ1) is 13.9. The van der Waals surface area contributed by atoms with Crippen LogP contribution in [0.25, 0.3) is 0 Å². The van der Waals surface area contributed by atoms with Gasteiger partial charge in [-0.3, -0.25) is 0 Å². The highest BCUT2D eigenvalue weighted by Gasteiger charge is 2.39. The predicted octanol–water partition coefficient (Wildman–Crippen LogP) is 3.28. The van der Waals surface area contributed by atoms with Crippen LogP contribution in [0, 0.1) is 17.8 Å². The summed E-state index contributed by atoms with van der Waals surface area (Å²) in [6.07, 6.45) is 13.2. The van der Waals surface area contributed by atoms with E-state index in [1.807, 2.05) is 0 Å². The average molecular weight is 264 g/mol. The molecule has 2 aliphatic carbocycles. The van der Waals surface area contributed by atoms with Gasteiger partial charge in [0.1, 0.15) is 0 Å². The number of rotatable bonds is 6. The minimum atomic E-state index is 0.824. The standard InChI is InChI=1S/C17H32N2/c1-19(10-4-6-17-5-2-3-9-18-17)13-16-12-14-7-8-15(16)11-14/h14-18H,2-13H2,1H3. The normalized spacial score (nSPS) is 38.2. The van der Waals surface area contributed by atoms with Crippen molar-refractivity contribution in [3.63, 3.8) is 0 Å². The van der Waals surface area contributed by atoms with Crippen LogP contribution in [0.15, 0.2) is 0 Å². The van der Waals surface area contributed by atoms with E-state index >= 15 is 0 Å². The summed E-state index contributed by atoms with van der Waals surface area (Å²) in [6.45, 7) is 3.94. The Kier molecular flexibility index (Phi) is 4.81. The fourth-order valence-corrected chi connectivity index (χ4v) is 4.87. The Hall–Kier alpha value is -0.0800. The van der Waals surface area contributed by atoms with Crippen molar-refractivity contribution in [3.8, 4) is 0 Å². The van der Waals surface area contributed by atoms with Gasteiger partial charge in [-0.2, -0.15) is 0 Å². The maximum atomic E-state index is 3.67. The largest absolute Gasteiger partial charge is 0.314 e. The first-order chi connectivity index (χ1) is 9.31. The van der Waals surface area contributed by atoms with Crippen LogP contribution in [0.2, 0.25) is 0 Å². The summed E-state index contributed by atoms with van der Waals surface area (Å²) < 4.78 is 0. The van der Waals surface area contributed by atoms with E-state index in [-0.39, 0.29) is 0 Å². The minimum absolute atomic E-state index is 0.824. The SMILES string of the molecule is CN(CCCC1CCCCN1)CC1CC2CCC1C2. The fourth-order valence-electron chi connectivity index (χ4n) is 4.87. The van der Waals surface area contributed by atoms with Crippen molar-refractivity contribution in [1.82, 2.24) is 10.2 Å². The summed E-state index contributed by atoms with van der Waals surface area (Å²) in [5, 5.41) is 3.67. The summed E-state index contributed by atoms with van der Waals surface area (Å²) in [5.41, 5.74) is 0. The lowest BCUT2D eigenvalue weighted by molar-refractivity contribution is 0.213. The number of hydrogen-bond donors (Lipinski definition) is 1. The first-order valence-corrected chi connectivity index (χ1v) is 8.73. The van der Waals surface area contributed by atoms with Gasteiger partial charge in [0.25, 0.3) is 0 Å². The van der Waals surface area contributed by atoms with E-state index in [1.165, 1.54) is 64.6 Å². The number of nitrogens with zero attached hydrogens (tertiary/aromatic N) is 1. The van der Waals surface area contributed by atoms with E-state index < -0.39 is 0 Å². The Morgan fingerprint density at radius 1 is 1.11 bits per heavy atom. The van der Waals surface area contributed by atoms with Crippen LogP contribution < -0.4 is 5.32 Å². The topological polar surface area (TPSA) is 15.3 Å². The van der Waals surface area contributed by atoms with Gasteiger partial charge in [0.15, 0.2) is 0 Å². The molecule has 1 N–H and O–H groups in total. The van der Waals surface area contributed by atoms with Crippen LogP contribution in [0.4, 0.5) is 0 Å². The van der Waals surface area contributed by atoms with E-state index in [0.29, 0.717) is 0 Å². The highest BCUT2D eigenvalue weighted by atomic mass is 15.1. The van der Waals surface area contributed by atoms with E-state index in [2.05, 4.69) is 17.3 Å². The van der Waals surface area contributed by atoms with Crippen molar-refractivity contribution in [2.45, 2.75) is 63.8 Å². The van der Waals surface area contributed by atoms with Gasteiger partial charge in [0, 0.05) is 12.6 Å². The van der Waals surface area contributed by atoms with Gasteiger partial charge in [0.2, 0.25) is 0 Å². The van der Waals surface area contributed by atoms with Gasteiger partial charge in [-0.1, -0.05) is 12.8 Å². The summed E-state index contributed by atoms with van der Waals surface area (Å²) in [4.78, 5) is 2.62. The molecule has 0 radical (unpaired) electrons. The van der Waals surface area contributed by atoms with Gasteiger partial charge in [-0.05, 0) is 82.8 Å². The maximum Gasteiger partial charge on any atom is 0.00675 e. The van der Waals surface area contributed by atoms with E-state index in [9.17, 15) is 0 Å². The molecule has 3 fully saturated rings. The molecule has 19 heavy (non-hydrogen) atoms. The molecule has 1 saturated heterocycles. The molecular formula is C17H32N2. The zero-order chi connectivity index (χ0) is 13.1. The third-order valence-electron chi connectivity index (χ3n) is 5.94. The molecule has 4 unspecified atom stereocenters. The van der Waals surface area contributed by atoms with Gasteiger partial charge in [0.05, 0.1) is 0 Å². The Morgan fingerprint density at radius 3 is 2.74 bits per heavy atom. The lowest BCUT2D eigenvalue weighted by Crippen LogP contribution is -2.35. The van der Waals surface area contributed by atoms with Crippen molar-refractivity contribution in [2.75, 3.05) is 26.7 Å². The molecule has 4 atom stereocenters. The zero-order valence-electron chi connectivity index (χ0n) is 12.7. The molecule has 2 saturated carbocycles. The minimum Gasteiger partial charge on any atom is -0.314 e. The lowest BCUT2D eigenvalue weighted by Gasteiger charge is -2.28. The second-order valence-corrected chi connectivity index (χ2v) is 7.49. The van der Waals surface area contributed by atoms with E-state index in [1.54, 1.807) is 12.8 Å². The molecule has 110 valence electrons. The zero-order valence-corrected chi connectivity index (χ0v) is 12.7. The quantitative estimate of drug-likeness (QED) is 0.792. The first-order valence-electron chi connectivity index (χ1n) is 8.73. The molecule has 0 aromatic rings. The van der Waals surface area contributed by atoms with E-state index in [4.69, 9.17) is 0 Å². The third kappa shape index (κ3) is 3.72. The highest BCUT2D eigenvalue weighted by Crippen LogP contribution is 2.48. The molecule has 1 heterocycles. The predicted molar refractivity (Wildman–Crippen MR) is 81.3 cm³/mol. The van der Waals surface area contributed by atoms with Crippen LogP contribution >= 0.6 is 0 Å².